The number of phenols is 1. The molecule has 4 aromatic carbocycles. The molecule has 0 saturated carbocycles. The lowest BCUT2D eigenvalue weighted by Crippen LogP contribution is -2.47. The molecule has 7 rings (SSSR count). The number of rotatable bonds is 11. The van der Waals surface area contributed by atoms with Gasteiger partial charge in [0.2, 0.25) is 17.2 Å². The van der Waals surface area contributed by atoms with Crippen LogP contribution in [0.15, 0.2) is 36.4 Å². The second kappa shape index (κ2) is 14.1. The van der Waals surface area contributed by atoms with Crippen LogP contribution >= 0.6 is 0 Å². The molecule has 3 aliphatic rings. The Kier molecular flexibility index (Phi) is 9.64. The minimum Gasteiger partial charge on any atom is -0.633 e. The maximum Gasteiger partial charge on any atom is 0.204 e. The molecule has 0 amide bonds. The van der Waals surface area contributed by atoms with Crippen LogP contribution in [0, 0.1) is 5.21 Å². The summed E-state index contributed by atoms with van der Waals surface area (Å²) in [5.41, 5.74) is 7.48. The molecule has 0 aromatic heterocycles. The number of ether oxygens (including phenoxy) is 8. The van der Waals surface area contributed by atoms with Crippen LogP contribution in [-0.2, 0) is 25.7 Å². The number of hydrogen-bond acceptors (Lipinski definition) is 11. The second-order valence-corrected chi connectivity index (χ2v) is 13.9. The topological polar surface area (TPSA) is 120 Å². The summed E-state index contributed by atoms with van der Waals surface area (Å²) in [4.78, 5) is 2.35. The van der Waals surface area contributed by atoms with Gasteiger partial charge in [-0.05, 0) is 60.8 Å². The molecule has 12 nitrogen and oxygen atoms in total. The first kappa shape index (κ1) is 36.3. The minimum atomic E-state index is -0.480. The van der Waals surface area contributed by atoms with Gasteiger partial charge in [0.05, 0.1) is 63.4 Å². The van der Waals surface area contributed by atoms with Gasteiger partial charge in [-0.15, -0.1) is 0 Å². The highest BCUT2D eigenvalue weighted by atomic mass is 16.6. The van der Waals surface area contributed by atoms with E-state index in [1.165, 1.54) is 14.2 Å². The molecule has 2 aliphatic heterocycles. The number of likely N-dealkylation sites (N-methyl/N-ethyl adjacent to an activating group) is 2. The third kappa shape index (κ3) is 5.80. The van der Waals surface area contributed by atoms with Gasteiger partial charge in [-0.1, -0.05) is 12.1 Å². The standard InChI is InChI=1S/C41H48N2O10/c1-42-16-14-25-33-29(42)19-28-27(34(33)40(51-8)41(52-9)36(25)48-5)21-32(47-4)39(50-7)37(28)53-23-12-10-22(11-13-23)18-30-26-20-31(46-3)38(49-6)35(44)24(26)15-17-43(30,2)45/h10-13,20-21,29-30,44H,14-19H2,1-9H3/t29-,30-,43-/m0/s1. The molecule has 1 N–H and O–H groups in total. The van der Waals surface area contributed by atoms with Gasteiger partial charge in [0.15, 0.2) is 34.5 Å². The van der Waals surface area contributed by atoms with Gasteiger partial charge < -0.3 is 52.9 Å². The molecule has 2 heterocycles. The predicted octanol–water partition coefficient (Wildman–Crippen LogP) is 6.78. The van der Waals surface area contributed by atoms with E-state index in [1.807, 2.05) is 36.4 Å². The van der Waals surface area contributed by atoms with Gasteiger partial charge in [-0.3, -0.25) is 4.90 Å². The smallest absolute Gasteiger partial charge is 0.204 e. The number of fused-ring (bicyclic) bond motifs is 3. The van der Waals surface area contributed by atoms with Crippen LogP contribution in [-0.4, -0.2) is 91.6 Å². The Morgan fingerprint density at radius 2 is 1.38 bits per heavy atom. The first-order valence-electron chi connectivity index (χ1n) is 17.7. The third-order valence-corrected chi connectivity index (χ3v) is 11.3. The van der Waals surface area contributed by atoms with Crippen LogP contribution in [0.25, 0.3) is 11.1 Å². The maximum atomic E-state index is 13.9. The minimum absolute atomic E-state index is 0.0220. The van der Waals surface area contributed by atoms with Crippen molar-refractivity contribution in [3.63, 3.8) is 0 Å². The van der Waals surface area contributed by atoms with Crippen LogP contribution < -0.4 is 37.9 Å². The molecule has 53 heavy (non-hydrogen) atoms. The number of aromatic hydroxyl groups is 1. The van der Waals surface area contributed by atoms with E-state index in [0.29, 0.717) is 71.8 Å². The van der Waals surface area contributed by atoms with E-state index in [0.717, 1.165) is 57.5 Å². The molecule has 0 spiro atoms. The fraction of sp³-hybridized carbons (Fsp3) is 0.415. The summed E-state index contributed by atoms with van der Waals surface area (Å²) in [7, 11) is 15.0. The predicted molar refractivity (Wildman–Crippen MR) is 200 cm³/mol. The summed E-state index contributed by atoms with van der Waals surface area (Å²) in [5, 5.41) is 24.9. The van der Waals surface area contributed by atoms with Gasteiger partial charge in [0, 0.05) is 53.2 Å². The van der Waals surface area contributed by atoms with E-state index in [4.69, 9.17) is 37.9 Å². The van der Waals surface area contributed by atoms with Gasteiger partial charge in [0.1, 0.15) is 11.8 Å². The van der Waals surface area contributed by atoms with Crippen molar-refractivity contribution < 1.29 is 47.6 Å². The second-order valence-electron chi connectivity index (χ2n) is 13.9. The molecule has 3 atom stereocenters. The first-order chi connectivity index (χ1) is 25.5. The molecular formula is C41H48N2O10. The highest BCUT2D eigenvalue weighted by Gasteiger charge is 2.42. The van der Waals surface area contributed by atoms with Gasteiger partial charge in [-0.25, -0.2) is 0 Å². The Morgan fingerprint density at radius 1 is 0.736 bits per heavy atom. The Labute approximate surface area is 310 Å². The van der Waals surface area contributed by atoms with E-state index in [-0.39, 0.29) is 17.5 Å². The zero-order valence-corrected chi connectivity index (χ0v) is 31.9. The average molecular weight is 729 g/mol. The number of quaternary nitrogens is 1. The van der Waals surface area contributed by atoms with Crippen molar-refractivity contribution in [2.45, 2.75) is 37.8 Å². The van der Waals surface area contributed by atoms with Crippen molar-refractivity contribution >= 4 is 0 Å². The normalized spacial score (nSPS) is 20.0. The van der Waals surface area contributed by atoms with Crippen molar-refractivity contribution in [2.24, 2.45) is 0 Å². The van der Waals surface area contributed by atoms with E-state index in [2.05, 4.69) is 11.9 Å². The molecule has 4 aromatic rings. The zero-order chi connectivity index (χ0) is 37.8. The Bertz CT molecular complexity index is 2040. The first-order valence-corrected chi connectivity index (χ1v) is 17.7. The molecule has 0 bridgehead atoms. The molecule has 1 aliphatic carbocycles. The monoisotopic (exact) mass is 728 g/mol. The Hall–Kier alpha value is -5.04. The highest BCUT2D eigenvalue weighted by molar-refractivity contribution is 5.89. The van der Waals surface area contributed by atoms with Gasteiger partial charge >= 0.3 is 0 Å². The highest BCUT2D eigenvalue weighted by Crippen LogP contribution is 2.60. The summed E-state index contributed by atoms with van der Waals surface area (Å²) in [6.45, 7) is 1.17. The van der Waals surface area contributed by atoms with E-state index in [9.17, 15) is 10.3 Å². The Balaban J connectivity index is 1.29. The van der Waals surface area contributed by atoms with Crippen LogP contribution in [0.2, 0.25) is 0 Å². The van der Waals surface area contributed by atoms with E-state index in [1.54, 1.807) is 42.6 Å². The van der Waals surface area contributed by atoms with Crippen molar-refractivity contribution in [3.05, 3.63) is 75.0 Å². The largest absolute Gasteiger partial charge is 0.633 e. The maximum absolute atomic E-state index is 13.9. The van der Waals surface area contributed by atoms with Crippen molar-refractivity contribution in [1.82, 2.24) is 4.90 Å². The van der Waals surface area contributed by atoms with Crippen LogP contribution in [0.1, 0.15) is 45.5 Å². The van der Waals surface area contributed by atoms with Crippen molar-refractivity contribution in [2.75, 3.05) is 77.0 Å². The number of hydroxylamine groups is 3. The molecular weight excluding hydrogens is 680 g/mol. The van der Waals surface area contributed by atoms with Gasteiger partial charge in [-0.2, -0.15) is 0 Å². The quantitative estimate of drug-likeness (QED) is 0.130. The fourth-order valence-corrected chi connectivity index (χ4v) is 8.59. The van der Waals surface area contributed by atoms with Crippen LogP contribution in [0.5, 0.6) is 57.5 Å². The number of phenolic OH excluding ortho intramolecular Hbond substituents is 1. The molecule has 0 radical (unpaired) electrons. The molecule has 12 heteroatoms. The lowest BCUT2D eigenvalue weighted by molar-refractivity contribution is -0.894. The van der Waals surface area contributed by atoms with Crippen LogP contribution in [0.3, 0.4) is 0 Å². The zero-order valence-electron chi connectivity index (χ0n) is 31.9. The fourth-order valence-electron chi connectivity index (χ4n) is 8.59. The van der Waals surface area contributed by atoms with E-state index < -0.39 is 10.7 Å². The van der Waals surface area contributed by atoms with Crippen molar-refractivity contribution in [3.8, 4) is 68.6 Å². The van der Waals surface area contributed by atoms with Crippen molar-refractivity contribution in [1.29, 1.82) is 0 Å². The number of hydrogen-bond donors (Lipinski definition) is 1. The summed E-state index contributed by atoms with van der Waals surface area (Å²) in [5.74, 6) is 4.69. The number of nitrogens with zero attached hydrogens (tertiary/aromatic N) is 2. The number of methoxy groups -OCH3 is 7. The molecule has 282 valence electrons. The van der Waals surface area contributed by atoms with E-state index >= 15 is 0 Å². The molecule has 0 unspecified atom stereocenters. The summed E-state index contributed by atoms with van der Waals surface area (Å²) >= 11 is 0. The lowest BCUT2D eigenvalue weighted by Gasteiger charge is -2.49. The lowest BCUT2D eigenvalue weighted by atomic mass is 9.75. The van der Waals surface area contributed by atoms with Crippen LogP contribution in [0.4, 0.5) is 0 Å². The Morgan fingerprint density at radius 3 is 2.00 bits per heavy atom. The summed E-state index contributed by atoms with van der Waals surface area (Å²) in [6.07, 6.45) is 2.34. The average Bonchev–Trinajstić information content (AvgIpc) is 3.16. The van der Waals surface area contributed by atoms with Gasteiger partial charge in [0.25, 0.3) is 0 Å². The third-order valence-electron chi connectivity index (χ3n) is 11.3. The number of benzene rings is 4. The molecule has 0 saturated heterocycles. The summed E-state index contributed by atoms with van der Waals surface area (Å²) in [6, 6.07) is 11.1. The SMILES string of the molecule is COc1cc2c(c(O)c1OC)CC[N@+](C)([O-])[C@H]2Cc1ccc(Oc2c3c(cc(OC)c2OC)-c2c(OC)c(OC)c(OC)c4c2[C@H](C3)N(C)CC4)cc1. The molecule has 0 fully saturated rings. The summed E-state index contributed by atoms with van der Waals surface area (Å²) < 4.78 is 47.1.